The van der Waals surface area contributed by atoms with Crippen molar-refractivity contribution in [2.75, 3.05) is 58.0 Å². The third kappa shape index (κ3) is 6.06. The summed E-state index contributed by atoms with van der Waals surface area (Å²) < 4.78 is 30.8. The summed E-state index contributed by atoms with van der Waals surface area (Å²) in [5.41, 5.74) is 0.410. The normalized spacial score (nSPS) is 22.4. The van der Waals surface area contributed by atoms with E-state index in [0.717, 1.165) is 50.1 Å². The molecule has 3 aliphatic rings. The number of anilines is 1. The molecular formula is C27H35FN4O4. The molecule has 1 aromatic heterocycles. The first-order valence-corrected chi connectivity index (χ1v) is 13.0. The predicted octanol–water partition coefficient (Wildman–Crippen LogP) is 3.35. The summed E-state index contributed by atoms with van der Waals surface area (Å²) in [5.74, 6) is 3.73. The number of benzene rings is 1. The fourth-order valence-electron chi connectivity index (χ4n) is 5.46. The summed E-state index contributed by atoms with van der Waals surface area (Å²) in [6.07, 6.45) is 8.07. The van der Waals surface area contributed by atoms with Crippen LogP contribution in [0.4, 0.5) is 10.3 Å². The van der Waals surface area contributed by atoms with Crippen molar-refractivity contribution in [3.8, 4) is 11.5 Å². The molecule has 0 spiro atoms. The molecule has 2 aliphatic heterocycles. The summed E-state index contributed by atoms with van der Waals surface area (Å²) >= 11 is 0. The molecule has 194 valence electrons. The lowest BCUT2D eigenvalue weighted by molar-refractivity contribution is -0.134. The lowest BCUT2D eigenvalue weighted by Gasteiger charge is -2.32. The van der Waals surface area contributed by atoms with Gasteiger partial charge in [-0.25, -0.2) is 14.4 Å². The van der Waals surface area contributed by atoms with Crippen LogP contribution < -0.4 is 14.4 Å². The number of carbonyl (C=O) groups excluding carboxylic acids is 1. The average molecular weight is 499 g/mol. The van der Waals surface area contributed by atoms with Crippen LogP contribution in [0.2, 0.25) is 0 Å². The molecule has 1 amide bonds. The molecule has 5 rings (SSSR count). The van der Waals surface area contributed by atoms with E-state index in [1.165, 1.54) is 12.5 Å². The molecule has 0 N–H and O–H groups in total. The van der Waals surface area contributed by atoms with Gasteiger partial charge in [0, 0.05) is 32.2 Å². The summed E-state index contributed by atoms with van der Waals surface area (Å²) in [5, 5.41) is 0. The van der Waals surface area contributed by atoms with Gasteiger partial charge in [0.05, 0.1) is 45.7 Å². The van der Waals surface area contributed by atoms with Crippen molar-refractivity contribution in [3.05, 3.63) is 42.0 Å². The van der Waals surface area contributed by atoms with Crippen molar-refractivity contribution in [1.82, 2.24) is 14.9 Å². The molecule has 1 aliphatic carbocycles. The molecule has 2 atom stereocenters. The molecule has 9 heteroatoms. The largest absolute Gasteiger partial charge is 0.494 e. The minimum atomic E-state index is -0.383. The van der Waals surface area contributed by atoms with Gasteiger partial charge < -0.3 is 24.0 Å². The van der Waals surface area contributed by atoms with Gasteiger partial charge in [0.2, 0.25) is 11.9 Å². The van der Waals surface area contributed by atoms with Crippen LogP contribution >= 0.6 is 0 Å². The number of ether oxygens (including phenoxy) is 3. The van der Waals surface area contributed by atoms with E-state index < -0.39 is 0 Å². The number of halogens is 1. The van der Waals surface area contributed by atoms with Gasteiger partial charge in [-0.3, -0.25) is 4.79 Å². The molecular weight excluding hydrogens is 463 g/mol. The van der Waals surface area contributed by atoms with Gasteiger partial charge in [-0.1, -0.05) is 6.07 Å². The monoisotopic (exact) mass is 498 g/mol. The summed E-state index contributed by atoms with van der Waals surface area (Å²) in [6.45, 7) is 4.78. The fraction of sp³-hybridized carbons (Fsp3) is 0.593. The number of morpholine rings is 1. The standard InChI is InChI=1S/C27H35FN4O4/c1-34-23-17-29-27(30-18-23)32-7-4-19(5-8-32)24-14-20(24)6-11-36-22-3-2-21(25(28)16-22)15-26(33)31-9-12-35-13-10-31/h2-3,16-20,24H,4-15H2,1H3/t20-,24-/m1/s1. The van der Waals surface area contributed by atoms with Gasteiger partial charge in [0.15, 0.2) is 5.75 Å². The van der Waals surface area contributed by atoms with E-state index in [-0.39, 0.29) is 18.1 Å². The molecule has 2 saturated heterocycles. The van der Waals surface area contributed by atoms with Crippen LogP contribution in [-0.4, -0.2) is 73.9 Å². The Labute approximate surface area is 211 Å². The number of hydrogen-bond acceptors (Lipinski definition) is 7. The number of rotatable bonds is 9. The number of amides is 1. The van der Waals surface area contributed by atoms with Crippen LogP contribution in [0.15, 0.2) is 30.6 Å². The predicted molar refractivity (Wildman–Crippen MR) is 133 cm³/mol. The van der Waals surface area contributed by atoms with Gasteiger partial charge >= 0.3 is 0 Å². The minimum Gasteiger partial charge on any atom is -0.494 e. The highest BCUT2D eigenvalue weighted by atomic mass is 19.1. The second-order valence-corrected chi connectivity index (χ2v) is 9.97. The van der Waals surface area contributed by atoms with E-state index in [0.29, 0.717) is 55.9 Å². The Morgan fingerprint density at radius 2 is 1.86 bits per heavy atom. The van der Waals surface area contributed by atoms with Crippen LogP contribution in [0.25, 0.3) is 0 Å². The van der Waals surface area contributed by atoms with Crippen molar-refractivity contribution in [1.29, 1.82) is 0 Å². The Balaban J connectivity index is 1.01. The third-order valence-corrected chi connectivity index (χ3v) is 7.74. The van der Waals surface area contributed by atoms with Crippen molar-refractivity contribution in [2.45, 2.75) is 32.1 Å². The average Bonchev–Trinajstić information content (AvgIpc) is 3.70. The van der Waals surface area contributed by atoms with Gasteiger partial charge in [0.25, 0.3) is 0 Å². The minimum absolute atomic E-state index is 0.0620. The molecule has 3 heterocycles. The van der Waals surface area contributed by atoms with E-state index in [1.807, 2.05) is 0 Å². The Bertz CT molecular complexity index is 1020. The number of carbonyl (C=O) groups is 1. The third-order valence-electron chi connectivity index (χ3n) is 7.74. The van der Waals surface area contributed by atoms with Crippen LogP contribution in [0.5, 0.6) is 11.5 Å². The smallest absolute Gasteiger partial charge is 0.227 e. The summed E-state index contributed by atoms with van der Waals surface area (Å²) in [4.78, 5) is 25.2. The highest BCUT2D eigenvalue weighted by Gasteiger charge is 2.43. The molecule has 3 fully saturated rings. The fourth-order valence-corrected chi connectivity index (χ4v) is 5.46. The van der Waals surface area contributed by atoms with Gasteiger partial charge in [0.1, 0.15) is 11.6 Å². The number of piperidine rings is 1. The molecule has 8 nitrogen and oxygen atoms in total. The van der Waals surface area contributed by atoms with Crippen molar-refractivity contribution in [2.24, 2.45) is 17.8 Å². The second-order valence-electron chi connectivity index (χ2n) is 9.97. The van der Waals surface area contributed by atoms with E-state index >= 15 is 0 Å². The Morgan fingerprint density at radius 3 is 2.56 bits per heavy atom. The van der Waals surface area contributed by atoms with Crippen LogP contribution in [0.1, 0.15) is 31.2 Å². The highest BCUT2D eigenvalue weighted by molar-refractivity contribution is 5.79. The van der Waals surface area contributed by atoms with Crippen molar-refractivity contribution in [3.63, 3.8) is 0 Å². The summed E-state index contributed by atoms with van der Waals surface area (Å²) in [7, 11) is 1.62. The van der Waals surface area contributed by atoms with Gasteiger partial charge in [-0.15, -0.1) is 0 Å². The lowest BCUT2D eigenvalue weighted by atomic mass is 9.90. The van der Waals surface area contributed by atoms with E-state index in [2.05, 4.69) is 14.9 Å². The molecule has 0 bridgehead atoms. The molecule has 36 heavy (non-hydrogen) atoms. The van der Waals surface area contributed by atoms with Crippen LogP contribution in [0, 0.1) is 23.6 Å². The Kier molecular flexibility index (Phi) is 7.84. The lowest BCUT2D eigenvalue weighted by Crippen LogP contribution is -2.41. The zero-order valence-electron chi connectivity index (χ0n) is 20.9. The quantitative estimate of drug-likeness (QED) is 0.525. The van der Waals surface area contributed by atoms with Crippen molar-refractivity contribution >= 4 is 11.9 Å². The topological polar surface area (TPSA) is 77.0 Å². The SMILES string of the molecule is COc1cnc(N2CCC([C@H]3C[C@H]3CCOc3ccc(CC(=O)N4CCOCC4)c(F)c3)CC2)nc1. The number of methoxy groups -OCH3 is 1. The molecule has 1 saturated carbocycles. The first-order chi connectivity index (χ1) is 17.6. The maximum Gasteiger partial charge on any atom is 0.227 e. The van der Waals surface area contributed by atoms with E-state index in [4.69, 9.17) is 14.2 Å². The van der Waals surface area contributed by atoms with E-state index in [1.54, 1.807) is 36.5 Å². The first-order valence-electron chi connectivity index (χ1n) is 13.0. The molecule has 0 unspecified atom stereocenters. The zero-order chi connectivity index (χ0) is 24.9. The number of aromatic nitrogens is 2. The maximum absolute atomic E-state index is 14.6. The van der Waals surface area contributed by atoms with Gasteiger partial charge in [-0.05, 0) is 55.1 Å². The number of nitrogens with zero attached hydrogens (tertiary/aromatic N) is 4. The van der Waals surface area contributed by atoms with Crippen molar-refractivity contribution < 1.29 is 23.4 Å². The Morgan fingerprint density at radius 1 is 1.11 bits per heavy atom. The Hall–Kier alpha value is -2.94. The highest BCUT2D eigenvalue weighted by Crippen LogP contribution is 2.49. The molecule has 0 radical (unpaired) electrons. The van der Waals surface area contributed by atoms with Gasteiger partial charge in [-0.2, -0.15) is 0 Å². The number of hydrogen-bond donors (Lipinski definition) is 0. The van der Waals surface area contributed by atoms with Crippen LogP contribution in [0.3, 0.4) is 0 Å². The zero-order valence-corrected chi connectivity index (χ0v) is 20.9. The second kappa shape index (κ2) is 11.4. The van der Waals surface area contributed by atoms with Crippen LogP contribution in [-0.2, 0) is 16.0 Å². The summed E-state index contributed by atoms with van der Waals surface area (Å²) in [6, 6.07) is 4.85. The maximum atomic E-state index is 14.6. The van der Waals surface area contributed by atoms with E-state index in [9.17, 15) is 9.18 Å². The first kappa shape index (κ1) is 24.7. The molecule has 1 aromatic carbocycles. The molecule has 2 aromatic rings.